The summed E-state index contributed by atoms with van der Waals surface area (Å²) in [7, 11) is 4.71. The molecule has 0 saturated carbocycles. The zero-order valence-electron chi connectivity index (χ0n) is 22.0. The molecule has 0 aromatic heterocycles. The van der Waals surface area contributed by atoms with Crippen molar-refractivity contribution in [3.8, 4) is 28.4 Å². The van der Waals surface area contributed by atoms with Crippen LogP contribution in [0.4, 0.5) is 0 Å². The normalized spacial score (nSPS) is 14.1. The number of rotatable bonds is 12. The summed E-state index contributed by atoms with van der Waals surface area (Å²) >= 11 is 0. The molecule has 0 bridgehead atoms. The molecule has 0 spiro atoms. The summed E-state index contributed by atoms with van der Waals surface area (Å²) < 4.78 is 16.4. The monoisotopic (exact) mass is 533 g/mol. The van der Waals surface area contributed by atoms with Crippen molar-refractivity contribution in [1.82, 2.24) is 4.90 Å². The van der Waals surface area contributed by atoms with Crippen LogP contribution in [0.3, 0.4) is 0 Å². The number of ether oxygens (including phenoxy) is 3. The number of aliphatic hydroxyl groups excluding tert-OH is 1. The number of fused-ring (bicyclic) bond motifs is 1. The molecule has 39 heavy (non-hydrogen) atoms. The Labute approximate surface area is 226 Å². The van der Waals surface area contributed by atoms with Gasteiger partial charge in [0.25, 0.3) is 11.8 Å². The number of hydrogen-bond donors (Lipinski definition) is 2. The fourth-order valence-corrected chi connectivity index (χ4v) is 4.83. The Hall–Kier alpha value is -4.37. The Kier molecular flexibility index (Phi) is 8.51. The maximum Gasteiger partial charge on any atom is 0.309 e. The molecule has 2 amide bonds. The number of methoxy groups -OCH3 is 3. The molecule has 2 N–H and O–H groups in total. The first-order valence-electron chi connectivity index (χ1n) is 12.5. The summed E-state index contributed by atoms with van der Waals surface area (Å²) in [4.78, 5) is 38.1. The van der Waals surface area contributed by atoms with Gasteiger partial charge in [0.15, 0.2) is 0 Å². The summed E-state index contributed by atoms with van der Waals surface area (Å²) in [6, 6.07) is 17.7. The van der Waals surface area contributed by atoms with Crippen LogP contribution in [0, 0.1) is 5.92 Å². The third-order valence-electron chi connectivity index (χ3n) is 7.01. The highest BCUT2D eigenvalue weighted by atomic mass is 16.5. The van der Waals surface area contributed by atoms with Crippen molar-refractivity contribution >= 4 is 17.8 Å². The molecule has 0 aliphatic carbocycles. The van der Waals surface area contributed by atoms with Crippen LogP contribution < -0.4 is 14.2 Å². The van der Waals surface area contributed by atoms with Crippen LogP contribution in [0.25, 0.3) is 11.1 Å². The van der Waals surface area contributed by atoms with E-state index in [2.05, 4.69) is 0 Å². The highest BCUT2D eigenvalue weighted by Crippen LogP contribution is 2.41. The van der Waals surface area contributed by atoms with Gasteiger partial charge < -0.3 is 24.4 Å². The number of hydrogen-bond acceptors (Lipinski definition) is 7. The van der Waals surface area contributed by atoms with Crippen molar-refractivity contribution in [3.63, 3.8) is 0 Å². The van der Waals surface area contributed by atoms with E-state index in [1.807, 2.05) is 24.3 Å². The first-order valence-corrected chi connectivity index (χ1v) is 12.5. The average molecular weight is 534 g/mol. The van der Waals surface area contributed by atoms with E-state index in [9.17, 15) is 24.6 Å². The Balaban J connectivity index is 1.40. The number of carbonyl (C=O) groups is 3. The second-order valence-corrected chi connectivity index (χ2v) is 9.25. The fourth-order valence-electron chi connectivity index (χ4n) is 4.83. The molecular weight excluding hydrogens is 502 g/mol. The van der Waals surface area contributed by atoms with Gasteiger partial charge in [-0.3, -0.25) is 19.3 Å². The van der Waals surface area contributed by atoms with E-state index in [0.29, 0.717) is 34.8 Å². The van der Waals surface area contributed by atoms with Crippen LogP contribution in [0.5, 0.6) is 17.2 Å². The lowest BCUT2D eigenvalue weighted by atomic mass is 9.92. The van der Waals surface area contributed by atoms with Gasteiger partial charge in [0, 0.05) is 18.7 Å². The minimum Gasteiger partial charge on any atom is -0.496 e. The Morgan fingerprint density at radius 2 is 1.41 bits per heavy atom. The quantitative estimate of drug-likeness (QED) is 0.334. The Morgan fingerprint density at radius 3 is 1.90 bits per heavy atom. The highest BCUT2D eigenvalue weighted by Gasteiger charge is 2.36. The summed E-state index contributed by atoms with van der Waals surface area (Å²) in [6.07, 6.45) is -0.556. The summed E-state index contributed by atoms with van der Waals surface area (Å²) in [5.74, 6) is -1.39. The molecule has 2 atom stereocenters. The number of aliphatic hydroxyl groups is 1. The van der Waals surface area contributed by atoms with Gasteiger partial charge in [0.2, 0.25) is 0 Å². The van der Waals surface area contributed by atoms with Crippen molar-refractivity contribution in [2.24, 2.45) is 5.92 Å². The number of carboxylic acid groups (broad SMARTS) is 1. The third kappa shape index (κ3) is 5.73. The van der Waals surface area contributed by atoms with E-state index in [4.69, 9.17) is 14.2 Å². The number of benzene rings is 3. The van der Waals surface area contributed by atoms with Gasteiger partial charge in [-0.15, -0.1) is 0 Å². The molecule has 9 heteroatoms. The van der Waals surface area contributed by atoms with Gasteiger partial charge >= 0.3 is 5.97 Å². The topological polar surface area (TPSA) is 123 Å². The molecule has 1 aliphatic rings. The van der Waals surface area contributed by atoms with E-state index in [1.165, 1.54) is 0 Å². The zero-order chi connectivity index (χ0) is 28.1. The number of carboxylic acids is 1. The second kappa shape index (κ2) is 12.0. The first-order chi connectivity index (χ1) is 18.8. The summed E-state index contributed by atoms with van der Waals surface area (Å²) in [6.45, 7) is -0.0827. The van der Waals surface area contributed by atoms with E-state index in [1.54, 1.807) is 57.7 Å². The molecule has 3 aromatic rings. The Bertz CT molecular complexity index is 1310. The molecule has 1 aliphatic heterocycles. The minimum absolute atomic E-state index is 0.0437. The Morgan fingerprint density at radius 1 is 0.846 bits per heavy atom. The second-order valence-electron chi connectivity index (χ2n) is 9.25. The lowest BCUT2D eigenvalue weighted by Gasteiger charge is -2.22. The van der Waals surface area contributed by atoms with Gasteiger partial charge in [-0.2, -0.15) is 0 Å². The standard InChI is InChI=1S/C30H31NO8/c1-37-20-16-25(38-2)27(26(17-20)39-3)19-11-8-18(9-12-19)10-13-24(32)23(30(35)36)14-15-31-28(33)21-6-4-5-7-22(21)29(31)34/h4-9,11-12,16-17,23-24,32H,10,13-15H2,1-3H3,(H,35,36). The van der Waals surface area contributed by atoms with Gasteiger partial charge in [-0.25, -0.2) is 0 Å². The third-order valence-corrected chi connectivity index (χ3v) is 7.01. The van der Waals surface area contributed by atoms with Crippen LogP contribution in [-0.4, -0.2) is 66.9 Å². The van der Waals surface area contributed by atoms with Gasteiger partial charge in [-0.1, -0.05) is 36.4 Å². The summed E-state index contributed by atoms with van der Waals surface area (Å²) in [5, 5.41) is 20.5. The van der Waals surface area contributed by atoms with Crippen LogP contribution in [0.2, 0.25) is 0 Å². The molecule has 0 saturated heterocycles. The largest absolute Gasteiger partial charge is 0.496 e. The molecule has 0 radical (unpaired) electrons. The maximum absolute atomic E-state index is 12.6. The molecular formula is C30H31NO8. The number of nitrogens with zero attached hydrogens (tertiary/aromatic N) is 1. The van der Waals surface area contributed by atoms with Crippen molar-refractivity contribution in [2.45, 2.75) is 25.4 Å². The molecule has 0 fully saturated rings. The molecule has 1 heterocycles. The fraction of sp³-hybridized carbons (Fsp3) is 0.300. The smallest absolute Gasteiger partial charge is 0.309 e. The van der Waals surface area contributed by atoms with E-state index >= 15 is 0 Å². The average Bonchev–Trinajstić information content (AvgIpc) is 3.20. The first kappa shape index (κ1) is 27.7. The van der Waals surface area contributed by atoms with E-state index < -0.39 is 29.8 Å². The van der Waals surface area contributed by atoms with Gasteiger partial charge in [0.1, 0.15) is 17.2 Å². The molecule has 3 aromatic carbocycles. The number of amides is 2. The van der Waals surface area contributed by atoms with Crippen molar-refractivity contribution < 1.29 is 38.8 Å². The number of aryl methyl sites for hydroxylation is 1. The predicted octanol–water partition coefficient (Wildman–Crippen LogP) is 4.06. The van der Waals surface area contributed by atoms with Crippen LogP contribution in [-0.2, 0) is 11.2 Å². The van der Waals surface area contributed by atoms with E-state index in [-0.39, 0.29) is 19.4 Å². The number of aliphatic carboxylic acids is 1. The number of imide groups is 1. The maximum atomic E-state index is 12.6. The SMILES string of the molecule is COc1cc(OC)c(-c2ccc(CCC(O)C(CCN3C(=O)c4ccccc4C3=O)C(=O)O)cc2)c(OC)c1. The number of carbonyl (C=O) groups excluding carboxylic acids is 2. The summed E-state index contributed by atoms with van der Waals surface area (Å²) in [5.41, 5.74) is 3.16. The van der Waals surface area contributed by atoms with Crippen LogP contribution >= 0.6 is 0 Å². The van der Waals surface area contributed by atoms with Crippen molar-refractivity contribution in [1.29, 1.82) is 0 Å². The predicted molar refractivity (Wildman–Crippen MR) is 143 cm³/mol. The lowest BCUT2D eigenvalue weighted by molar-refractivity contribution is -0.146. The molecule has 204 valence electrons. The van der Waals surface area contributed by atoms with Crippen LogP contribution in [0.15, 0.2) is 60.7 Å². The molecule has 4 rings (SSSR count). The van der Waals surface area contributed by atoms with Crippen molar-refractivity contribution in [2.75, 3.05) is 27.9 Å². The molecule has 2 unspecified atom stereocenters. The molecule has 9 nitrogen and oxygen atoms in total. The van der Waals surface area contributed by atoms with Gasteiger partial charge in [0.05, 0.1) is 50.0 Å². The zero-order valence-corrected chi connectivity index (χ0v) is 22.0. The van der Waals surface area contributed by atoms with E-state index in [0.717, 1.165) is 21.6 Å². The lowest BCUT2D eigenvalue weighted by Crippen LogP contribution is -2.36. The highest BCUT2D eigenvalue weighted by molar-refractivity contribution is 6.21. The van der Waals surface area contributed by atoms with Gasteiger partial charge in [-0.05, 0) is 42.5 Å². The van der Waals surface area contributed by atoms with Crippen LogP contribution in [0.1, 0.15) is 39.1 Å². The minimum atomic E-state index is -1.17. The van der Waals surface area contributed by atoms with Crippen molar-refractivity contribution in [3.05, 3.63) is 77.4 Å².